The Hall–Kier alpha value is -1.31. The second-order valence-corrected chi connectivity index (χ2v) is 12.0. The van der Waals surface area contributed by atoms with E-state index in [-0.39, 0.29) is 12.1 Å². The largest absolute Gasteiger partial charge is 0.459 e. The molecular weight excluding hydrogens is 416 g/mol. The highest BCUT2D eigenvalue weighted by Gasteiger charge is 2.31. The van der Waals surface area contributed by atoms with Gasteiger partial charge < -0.3 is 4.74 Å². The fraction of sp³-hybridized carbons (Fsp3) is 0.781. The molecule has 0 radical (unpaired) electrons. The van der Waals surface area contributed by atoms with Gasteiger partial charge in [0, 0.05) is 0 Å². The van der Waals surface area contributed by atoms with Crippen molar-refractivity contribution in [1.29, 1.82) is 0 Å². The van der Waals surface area contributed by atoms with Gasteiger partial charge in [0.15, 0.2) is 0 Å². The van der Waals surface area contributed by atoms with Gasteiger partial charge in [-0.2, -0.15) is 0 Å². The second-order valence-electron chi connectivity index (χ2n) is 12.0. The summed E-state index contributed by atoms with van der Waals surface area (Å²) in [5.41, 5.74) is 2.16. The molecule has 190 valence electrons. The molecule has 2 nitrogen and oxygen atoms in total. The molecule has 3 aliphatic rings. The zero-order valence-electron chi connectivity index (χ0n) is 22.1. The molecule has 0 aliphatic heterocycles. The Balaban J connectivity index is 1.19. The summed E-state index contributed by atoms with van der Waals surface area (Å²) in [7, 11) is 0. The predicted octanol–water partition coefficient (Wildman–Crippen LogP) is 9.47. The lowest BCUT2D eigenvalue weighted by Crippen LogP contribution is -2.25. The van der Waals surface area contributed by atoms with E-state index in [4.69, 9.17) is 4.74 Å². The van der Waals surface area contributed by atoms with Crippen LogP contribution in [0.25, 0.3) is 0 Å². The molecule has 0 bridgehead atoms. The minimum absolute atomic E-state index is 0.119. The summed E-state index contributed by atoms with van der Waals surface area (Å²) in [5.74, 6) is 4.38. The summed E-state index contributed by atoms with van der Waals surface area (Å²) in [6.07, 6.45) is 22.8. The second kappa shape index (κ2) is 13.1. The van der Waals surface area contributed by atoms with E-state index < -0.39 is 0 Å². The fourth-order valence-electron chi connectivity index (χ4n) is 7.42. The molecule has 3 fully saturated rings. The molecule has 0 heterocycles. The Bertz CT molecular complexity index is 714. The van der Waals surface area contributed by atoms with E-state index in [1.165, 1.54) is 102 Å². The molecule has 0 saturated heterocycles. The van der Waals surface area contributed by atoms with Gasteiger partial charge in [0.25, 0.3) is 0 Å². The van der Waals surface area contributed by atoms with Crippen LogP contribution in [0.15, 0.2) is 24.3 Å². The van der Waals surface area contributed by atoms with Gasteiger partial charge >= 0.3 is 5.97 Å². The molecule has 3 aliphatic carbocycles. The van der Waals surface area contributed by atoms with Gasteiger partial charge in [0.2, 0.25) is 0 Å². The number of rotatable bonds is 9. The Labute approximate surface area is 209 Å². The van der Waals surface area contributed by atoms with Crippen molar-refractivity contribution in [3.05, 3.63) is 35.4 Å². The van der Waals surface area contributed by atoms with Crippen molar-refractivity contribution < 1.29 is 9.53 Å². The van der Waals surface area contributed by atoms with E-state index in [0.29, 0.717) is 5.92 Å². The highest BCUT2D eigenvalue weighted by atomic mass is 16.5. The van der Waals surface area contributed by atoms with Crippen molar-refractivity contribution in [2.45, 2.75) is 135 Å². The van der Waals surface area contributed by atoms with Crippen LogP contribution in [0.5, 0.6) is 0 Å². The number of benzene rings is 1. The van der Waals surface area contributed by atoms with Crippen LogP contribution in [0.4, 0.5) is 0 Å². The summed E-state index contributed by atoms with van der Waals surface area (Å²) < 4.78 is 5.88. The zero-order chi connectivity index (χ0) is 23.8. The maximum atomic E-state index is 12.7. The summed E-state index contributed by atoms with van der Waals surface area (Å²) in [6, 6.07) is 8.45. The minimum Gasteiger partial charge on any atom is -0.459 e. The maximum Gasteiger partial charge on any atom is 0.338 e. The van der Waals surface area contributed by atoms with E-state index in [1.807, 2.05) is 12.1 Å². The van der Waals surface area contributed by atoms with Crippen molar-refractivity contribution in [3.63, 3.8) is 0 Å². The van der Waals surface area contributed by atoms with E-state index in [2.05, 4.69) is 26.0 Å². The molecule has 2 heteroatoms. The van der Waals surface area contributed by atoms with E-state index in [9.17, 15) is 4.79 Å². The third-order valence-electron chi connectivity index (χ3n) is 9.68. The molecule has 1 aromatic carbocycles. The Morgan fingerprint density at radius 3 is 1.85 bits per heavy atom. The van der Waals surface area contributed by atoms with Crippen molar-refractivity contribution >= 4 is 5.97 Å². The number of unbranched alkanes of at least 4 members (excludes halogenated alkanes) is 1. The topological polar surface area (TPSA) is 26.3 Å². The number of carbonyl (C=O) groups excluding carboxylic acids is 1. The fourth-order valence-corrected chi connectivity index (χ4v) is 7.42. The lowest BCUT2D eigenvalue weighted by molar-refractivity contribution is 0.0161. The van der Waals surface area contributed by atoms with Gasteiger partial charge in [-0.05, 0) is 111 Å². The standard InChI is InChI=1S/C32H50O2/c1-3-5-7-25-10-22-31(23-11-25)34-32(33)30-20-18-29(19-21-30)28-16-14-27(15-17-28)26-12-8-24(6-4-2)9-13-26/h18-21,24-28,31H,3-17,22-23H2,1-2H3/t24-,25-,26-,27?,28?,31-. The molecule has 3 saturated carbocycles. The number of esters is 1. The Morgan fingerprint density at radius 1 is 0.706 bits per heavy atom. The lowest BCUT2D eigenvalue weighted by atomic mass is 9.68. The number of hydrogen-bond donors (Lipinski definition) is 0. The van der Waals surface area contributed by atoms with Crippen molar-refractivity contribution in [1.82, 2.24) is 0 Å². The maximum absolute atomic E-state index is 12.7. The van der Waals surface area contributed by atoms with Crippen molar-refractivity contribution in [2.75, 3.05) is 0 Å². The first kappa shape index (κ1) is 25.8. The minimum atomic E-state index is -0.119. The monoisotopic (exact) mass is 466 g/mol. The van der Waals surface area contributed by atoms with Gasteiger partial charge in [0.05, 0.1) is 5.56 Å². The molecule has 0 spiro atoms. The Kier molecular flexibility index (Phi) is 9.95. The molecular formula is C32H50O2. The van der Waals surface area contributed by atoms with Gasteiger partial charge in [-0.25, -0.2) is 4.79 Å². The average Bonchev–Trinajstić information content (AvgIpc) is 2.89. The van der Waals surface area contributed by atoms with Crippen LogP contribution in [0.1, 0.15) is 145 Å². The van der Waals surface area contributed by atoms with Crippen LogP contribution in [-0.4, -0.2) is 12.1 Å². The zero-order valence-corrected chi connectivity index (χ0v) is 22.1. The van der Waals surface area contributed by atoms with Crippen LogP contribution < -0.4 is 0 Å². The molecule has 1 aromatic rings. The van der Waals surface area contributed by atoms with Crippen LogP contribution in [0.2, 0.25) is 0 Å². The average molecular weight is 467 g/mol. The van der Waals surface area contributed by atoms with E-state index in [1.54, 1.807) is 0 Å². The molecule has 0 amide bonds. The third kappa shape index (κ3) is 7.11. The van der Waals surface area contributed by atoms with Gasteiger partial charge in [-0.3, -0.25) is 0 Å². The molecule has 0 N–H and O–H groups in total. The highest BCUT2D eigenvalue weighted by Crippen LogP contribution is 2.44. The number of carbonyl (C=O) groups is 1. The third-order valence-corrected chi connectivity index (χ3v) is 9.68. The molecule has 0 aromatic heterocycles. The van der Waals surface area contributed by atoms with Crippen LogP contribution in [0.3, 0.4) is 0 Å². The summed E-state index contributed by atoms with van der Waals surface area (Å²) in [6.45, 7) is 4.60. The first-order chi connectivity index (χ1) is 16.7. The normalized spacial score (nSPS) is 32.3. The number of ether oxygens (including phenoxy) is 1. The first-order valence-corrected chi connectivity index (χ1v) is 15.0. The Morgan fingerprint density at radius 2 is 1.26 bits per heavy atom. The first-order valence-electron chi connectivity index (χ1n) is 15.0. The summed E-state index contributed by atoms with van der Waals surface area (Å²) in [4.78, 5) is 12.7. The lowest BCUT2D eigenvalue weighted by Gasteiger charge is -2.38. The van der Waals surface area contributed by atoms with Crippen LogP contribution in [-0.2, 0) is 4.74 Å². The predicted molar refractivity (Wildman–Crippen MR) is 142 cm³/mol. The summed E-state index contributed by atoms with van der Waals surface area (Å²) in [5, 5.41) is 0. The molecule has 34 heavy (non-hydrogen) atoms. The van der Waals surface area contributed by atoms with Crippen LogP contribution >= 0.6 is 0 Å². The van der Waals surface area contributed by atoms with E-state index in [0.717, 1.165) is 42.1 Å². The molecule has 0 unspecified atom stereocenters. The van der Waals surface area contributed by atoms with Gasteiger partial charge in [-0.15, -0.1) is 0 Å². The SMILES string of the molecule is CCCC[C@H]1CC[C@H](OC(=O)c2ccc(C3CCC([C@H]4CC[C@H](CCC)CC4)CC3)cc2)CC1. The van der Waals surface area contributed by atoms with Gasteiger partial charge in [-0.1, -0.05) is 70.9 Å². The van der Waals surface area contributed by atoms with Crippen LogP contribution in [0, 0.1) is 23.7 Å². The molecule has 0 atom stereocenters. The van der Waals surface area contributed by atoms with Crippen molar-refractivity contribution in [2.24, 2.45) is 23.7 Å². The van der Waals surface area contributed by atoms with Crippen molar-refractivity contribution in [3.8, 4) is 0 Å². The highest BCUT2D eigenvalue weighted by molar-refractivity contribution is 5.89. The number of hydrogen-bond acceptors (Lipinski definition) is 2. The summed E-state index contributed by atoms with van der Waals surface area (Å²) >= 11 is 0. The van der Waals surface area contributed by atoms with E-state index >= 15 is 0 Å². The molecule has 4 rings (SSSR count). The smallest absolute Gasteiger partial charge is 0.338 e. The quantitative estimate of drug-likeness (QED) is 0.339. The van der Waals surface area contributed by atoms with Gasteiger partial charge in [0.1, 0.15) is 6.10 Å².